The smallest absolute Gasteiger partial charge is 0.337 e. The predicted molar refractivity (Wildman–Crippen MR) is 136 cm³/mol. The number of carbonyl (C=O) groups excluding carboxylic acids is 1. The molecule has 1 aliphatic carbocycles. The molecule has 5 heterocycles. The first kappa shape index (κ1) is 24.5. The van der Waals surface area contributed by atoms with Crippen molar-refractivity contribution < 1.29 is 13.6 Å². The van der Waals surface area contributed by atoms with E-state index in [2.05, 4.69) is 25.3 Å². The Morgan fingerprint density at radius 1 is 1.18 bits per heavy atom. The van der Waals surface area contributed by atoms with Crippen molar-refractivity contribution in [2.75, 3.05) is 23.3 Å². The maximum Gasteiger partial charge on any atom is 0.337 e. The number of hydrogen-bond donors (Lipinski definition) is 2. The summed E-state index contributed by atoms with van der Waals surface area (Å²) in [6.07, 6.45) is 6.34. The van der Waals surface area contributed by atoms with Crippen LogP contribution in [0, 0.1) is 17.2 Å². The molecule has 1 aliphatic heterocycles. The Labute approximate surface area is 218 Å². The van der Waals surface area contributed by atoms with Crippen LogP contribution in [0.2, 0.25) is 0 Å². The van der Waals surface area contributed by atoms with Gasteiger partial charge in [-0.2, -0.15) is 0 Å². The molecule has 2 unspecified atom stereocenters. The first-order valence-electron chi connectivity index (χ1n) is 12.0. The molecule has 0 bridgehead atoms. The number of nitrogens with zero attached hydrogens (tertiary/aromatic N) is 8. The number of aryl methyl sites for hydroxylation is 1. The molecular formula is C24H22F2N10O3. The number of fused-ring (bicyclic) bond motifs is 2. The molecular weight excluding hydrogens is 514 g/mol. The van der Waals surface area contributed by atoms with Gasteiger partial charge >= 0.3 is 5.69 Å². The maximum atomic E-state index is 13.5. The van der Waals surface area contributed by atoms with E-state index in [0.717, 1.165) is 4.57 Å². The molecule has 6 rings (SSSR count). The van der Waals surface area contributed by atoms with Crippen LogP contribution in [0.3, 0.4) is 0 Å². The van der Waals surface area contributed by atoms with E-state index in [-0.39, 0.29) is 30.1 Å². The molecule has 0 radical (unpaired) electrons. The monoisotopic (exact) mass is 536 g/mol. The number of amides is 1. The van der Waals surface area contributed by atoms with Gasteiger partial charge in [0.1, 0.15) is 11.9 Å². The van der Waals surface area contributed by atoms with Crippen LogP contribution in [-0.2, 0) is 11.8 Å². The molecule has 1 saturated heterocycles. The molecule has 39 heavy (non-hydrogen) atoms. The number of halogens is 2. The standard InChI is InChI=1S/C24H22F2N10O3/c1-12(36-11-30-20-19(36)22(38)35(10-27)23(39)33(20)2)21(37)32-17-7-28-6-16(31-17)13-3-4-18(29-5-13)34-8-14-15(9-34)24(14,25)26/h3-7,10-12,14-15,27H,8-9H2,1-2H3,(H,31,32,37)/t12-,14?,15?/m0/s1. The summed E-state index contributed by atoms with van der Waals surface area (Å²) in [4.78, 5) is 57.0. The maximum absolute atomic E-state index is 13.5. The third-order valence-electron chi connectivity index (χ3n) is 7.39. The molecule has 200 valence electrons. The molecule has 4 aromatic heterocycles. The van der Waals surface area contributed by atoms with Crippen LogP contribution in [0.4, 0.5) is 20.4 Å². The lowest BCUT2D eigenvalue weighted by Crippen LogP contribution is -2.39. The van der Waals surface area contributed by atoms with Crippen molar-refractivity contribution in [2.45, 2.75) is 18.9 Å². The van der Waals surface area contributed by atoms with Crippen LogP contribution < -0.4 is 21.5 Å². The van der Waals surface area contributed by atoms with Crippen molar-refractivity contribution in [3.8, 4) is 11.3 Å². The van der Waals surface area contributed by atoms with E-state index in [0.29, 0.717) is 28.0 Å². The zero-order valence-electron chi connectivity index (χ0n) is 20.7. The summed E-state index contributed by atoms with van der Waals surface area (Å²) in [6.45, 7) is 2.11. The Morgan fingerprint density at radius 2 is 1.92 bits per heavy atom. The van der Waals surface area contributed by atoms with Crippen molar-refractivity contribution in [2.24, 2.45) is 18.9 Å². The number of alkyl halides is 2. The fourth-order valence-electron chi connectivity index (χ4n) is 5.01. The van der Waals surface area contributed by atoms with Crippen LogP contribution in [0.5, 0.6) is 0 Å². The van der Waals surface area contributed by atoms with Crippen molar-refractivity contribution in [1.29, 1.82) is 5.41 Å². The topological polar surface area (TPSA) is 157 Å². The number of piperidine rings is 1. The number of anilines is 2. The number of imidazole rings is 1. The van der Waals surface area contributed by atoms with Crippen molar-refractivity contribution >= 4 is 35.0 Å². The second-order valence-corrected chi connectivity index (χ2v) is 9.62. The van der Waals surface area contributed by atoms with E-state index < -0.39 is 41.0 Å². The fraction of sp³-hybridized carbons (Fsp3) is 0.333. The van der Waals surface area contributed by atoms with Gasteiger partial charge in [0.25, 0.3) is 11.5 Å². The molecule has 0 spiro atoms. The van der Waals surface area contributed by atoms with E-state index in [4.69, 9.17) is 5.41 Å². The number of aromatic nitrogens is 7. The summed E-state index contributed by atoms with van der Waals surface area (Å²) in [6, 6.07) is 2.58. The minimum atomic E-state index is -2.56. The SMILES string of the molecule is C[C@@H](C(=O)Nc1cncc(-c2ccc(N3CC4C(C3)C4(F)F)nc2)n1)n1cnc2c1c(=O)n(C=N)c(=O)n2C. The Bertz CT molecular complexity index is 1750. The fourth-order valence-corrected chi connectivity index (χ4v) is 5.01. The Balaban J connectivity index is 1.20. The van der Waals surface area contributed by atoms with Gasteiger partial charge in [-0.05, 0) is 19.1 Å². The molecule has 4 aromatic rings. The summed E-state index contributed by atoms with van der Waals surface area (Å²) in [5.74, 6) is -3.51. The highest BCUT2D eigenvalue weighted by Gasteiger charge is 2.71. The molecule has 2 N–H and O–H groups in total. The van der Waals surface area contributed by atoms with Crippen LogP contribution >= 0.6 is 0 Å². The highest BCUT2D eigenvalue weighted by atomic mass is 19.3. The van der Waals surface area contributed by atoms with E-state index in [9.17, 15) is 23.2 Å². The highest BCUT2D eigenvalue weighted by molar-refractivity contribution is 5.93. The van der Waals surface area contributed by atoms with Gasteiger partial charge in [-0.3, -0.25) is 24.5 Å². The molecule has 1 amide bonds. The lowest BCUT2D eigenvalue weighted by Gasteiger charge is -2.20. The summed E-state index contributed by atoms with van der Waals surface area (Å²) >= 11 is 0. The van der Waals surface area contributed by atoms with Gasteiger partial charge in [0.05, 0.1) is 42.6 Å². The molecule has 2 aliphatic rings. The van der Waals surface area contributed by atoms with Crippen molar-refractivity contribution in [3.05, 3.63) is 57.9 Å². The van der Waals surface area contributed by atoms with Gasteiger partial charge in [-0.25, -0.2) is 33.1 Å². The third kappa shape index (κ3) is 3.80. The molecule has 15 heteroatoms. The van der Waals surface area contributed by atoms with E-state index >= 15 is 0 Å². The Hall–Kier alpha value is -4.82. The molecule has 1 saturated carbocycles. The molecule has 0 aromatic carbocycles. The lowest BCUT2D eigenvalue weighted by molar-refractivity contribution is -0.118. The average Bonchev–Trinajstić information content (AvgIpc) is 3.35. The number of carbonyl (C=O) groups is 1. The summed E-state index contributed by atoms with van der Waals surface area (Å²) in [5, 5.41) is 10.1. The second kappa shape index (κ2) is 8.61. The largest absolute Gasteiger partial charge is 0.356 e. The average molecular weight is 537 g/mol. The molecule has 3 atom stereocenters. The predicted octanol–water partition coefficient (Wildman–Crippen LogP) is 1.10. The zero-order valence-corrected chi connectivity index (χ0v) is 20.7. The third-order valence-corrected chi connectivity index (χ3v) is 7.39. The van der Waals surface area contributed by atoms with Gasteiger partial charge in [0, 0.05) is 31.9 Å². The van der Waals surface area contributed by atoms with Gasteiger partial charge < -0.3 is 14.8 Å². The number of hydrogen-bond acceptors (Lipinski definition) is 9. The van der Waals surface area contributed by atoms with Crippen LogP contribution in [-0.4, -0.2) is 64.9 Å². The van der Waals surface area contributed by atoms with Gasteiger partial charge in [-0.1, -0.05) is 0 Å². The Morgan fingerprint density at radius 3 is 2.59 bits per heavy atom. The van der Waals surface area contributed by atoms with Gasteiger partial charge in [0.15, 0.2) is 17.0 Å². The molecule has 13 nitrogen and oxygen atoms in total. The highest BCUT2D eigenvalue weighted by Crippen LogP contribution is 2.59. The minimum Gasteiger partial charge on any atom is -0.356 e. The normalized spacial score (nSPS) is 20.1. The van der Waals surface area contributed by atoms with E-state index in [1.165, 1.54) is 30.3 Å². The van der Waals surface area contributed by atoms with Crippen LogP contribution in [0.1, 0.15) is 13.0 Å². The quantitative estimate of drug-likeness (QED) is 0.274. The number of rotatable bonds is 6. The zero-order chi connectivity index (χ0) is 27.6. The number of pyridine rings is 1. The van der Waals surface area contributed by atoms with Crippen LogP contribution in [0.25, 0.3) is 22.4 Å². The van der Waals surface area contributed by atoms with Gasteiger partial charge in [-0.15, -0.1) is 0 Å². The second-order valence-electron chi connectivity index (χ2n) is 9.62. The minimum absolute atomic E-state index is 0.00623. The van der Waals surface area contributed by atoms with Crippen molar-refractivity contribution in [1.82, 2.24) is 33.6 Å². The lowest BCUT2D eigenvalue weighted by atomic mass is 10.2. The van der Waals surface area contributed by atoms with Crippen LogP contribution in [0.15, 0.2) is 46.6 Å². The first-order chi connectivity index (χ1) is 18.6. The number of nitrogens with one attached hydrogen (secondary N) is 2. The van der Waals surface area contributed by atoms with E-state index in [1.807, 2.05) is 4.90 Å². The van der Waals surface area contributed by atoms with Crippen molar-refractivity contribution in [3.63, 3.8) is 0 Å². The summed E-state index contributed by atoms with van der Waals surface area (Å²) in [7, 11) is 1.42. The van der Waals surface area contributed by atoms with Gasteiger partial charge in [0.2, 0.25) is 5.91 Å². The summed E-state index contributed by atoms with van der Waals surface area (Å²) < 4.78 is 30.1. The van der Waals surface area contributed by atoms with E-state index in [1.54, 1.807) is 25.3 Å². The first-order valence-corrected chi connectivity index (χ1v) is 12.0. The Kier molecular flexibility index (Phi) is 5.41. The summed E-state index contributed by atoms with van der Waals surface area (Å²) in [5.41, 5.74) is -0.352. The molecule has 2 fully saturated rings.